The summed E-state index contributed by atoms with van der Waals surface area (Å²) in [4.78, 5) is 0. The lowest BCUT2D eigenvalue weighted by Gasteiger charge is -2.23. The highest BCUT2D eigenvalue weighted by atomic mass is 32.3. The fourth-order valence-corrected chi connectivity index (χ4v) is 5.85. The zero-order valence-corrected chi connectivity index (χ0v) is 25.8. The van der Waals surface area contributed by atoms with Gasteiger partial charge in [-0.1, -0.05) is 0 Å². The highest BCUT2D eigenvalue weighted by Gasteiger charge is 2.40. The fraction of sp³-hybridized carbons (Fsp3) is 0.824. The Bertz CT molecular complexity index is 1290. The minimum atomic E-state index is -5.92. The van der Waals surface area contributed by atoms with Crippen LogP contribution in [-0.4, -0.2) is 106 Å². The number of aromatic nitrogens is 2. The zero-order chi connectivity index (χ0) is 33.1. The summed E-state index contributed by atoms with van der Waals surface area (Å²) in [5.74, 6) is 0. The minimum Gasteiger partial charge on any atom is -0.429 e. The summed E-state index contributed by atoms with van der Waals surface area (Å²) >= 11 is 0. The Balaban J connectivity index is 0. The number of nitrogens with zero attached hydrogens (tertiary/aromatic N) is 5. The minimum absolute atomic E-state index is 0.207. The van der Waals surface area contributed by atoms with Gasteiger partial charge in [0.2, 0.25) is 6.33 Å². The topological polar surface area (TPSA) is 194 Å². The van der Waals surface area contributed by atoms with Crippen molar-refractivity contribution in [2.45, 2.75) is 43.4 Å². The van der Waals surface area contributed by atoms with Gasteiger partial charge < -0.3 is 17.8 Å². The van der Waals surface area contributed by atoms with Gasteiger partial charge in [0, 0.05) is 12.5 Å². The third-order valence-electron chi connectivity index (χ3n) is 3.90. The van der Waals surface area contributed by atoms with Gasteiger partial charge in [0.15, 0.2) is 20.0 Å². The molecule has 246 valence electrons. The van der Waals surface area contributed by atoms with Crippen LogP contribution < -0.4 is 4.57 Å². The molecule has 0 unspecified atom stereocenters. The lowest BCUT2D eigenvalue weighted by Crippen LogP contribution is -2.35. The van der Waals surface area contributed by atoms with E-state index in [1.54, 1.807) is 8.25 Å². The van der Waals surface area contributed by atoms with Gasteiger partial charge in [0.05, 0.1) is 60.9 Å². The van der Waals surface area contributed by atoms with Crippen molar-refractivity contribution in [1.82, 2.24) is 4.57 Å². The molecule has 0 atom stereocenters. The maximum atomic E-state index is 11.4. The Morgan fingerprint density at radius 2 is 1.20 bits per heavy atom. The summed E-state index contributed by atoms with van der Waals surface area (Å²) in [6.07, 6.45) is 10.5. The van der Waals surface area contributed by atoms with Crippen LogP contribution in [0.1, 0.15) is 19.3 Å². The van der Waals surface area contributed by atoms with Crippen molar-refractivity contribution in [2.24, 2.45) is 0 Å². The molecule has 1 heterocycles. The summed E-state index contributed by atoms with van der Waals surface area (Å²) in [6.45, 7) is 3.22. The molecule has 0 saturated heterocycles. The van der Waals surface area contributed by atoms with E-state index in [2.05, 4.69) is 38.2 Å². The van der Waals surface area contributed by atoms with Crippen LogP contribution in [0.3, 0.4) is 0 Å². The number of sulfonamides is 4. The maximum absolute atomic E-state index is 11.4. The number of hydrogen-bond donors (Lipinski definition) is 1. The molecule has 0 saturated carbocycles. The van der Waals surface area contributed by atoms with Crippen LogP contribution in [0.25, 0.3) is 8.25 Å². The number of rotatable bonds is 12. The van der Waals surface area contributed by atoms with Crippen molar-refractivity contribution in [3.05, 3.63) is 27.0 Å². The van der Waals surface area contributed by atoms with E-state index in [-0.39, 0.29) is 19.1 Å². The average Bonchev–Trinajstić information content (AvgIpc) is 3.10. The summed E-state index contributed by atoms with van der Waals surface area (Å²) in [7, 11) is -14.2. The average molecular weight is 694 g/mol. The molecule has 41 heavy (non-hydrogen) atoms. The molecule has 1 aromatic rings. The van der Waals surface area contributed by atoms with Crippen molar-refractivity contribution in [3.8, 4) is 0 Å². The summed E-state index contributed by atoms with van der Waals surface area (Å²) in [6, 6.07) is 0. The quantitative estimate of drug-likeness (QED) is 0.144. The molecule has 1 rings (SSSR count). The first-order valence-corrected chi connectivity index (χ1v) is 17.5. The van der Waals surface area contributed by atoms with Crippen LogP contribution in [0.5, 0.6) is 0 Å². The lowest BCUT2D eigenvalue weighted by atomic mass is 10.2. The van der Waals surface area contributed by atoms with Crippen molar-refractivity contribution in [1.29, 1.82) is 0 Å². The van der Waals surface area contributed by atoms with Gasteiger partial charge in [0.25, 0.3) is 0 Å². The van der Waals surface area contributed by atoms with E-state index in [0.717, 1.165) is 11.0 Å². The predicted octanol–water partition coefficient (Wildman–Crippen LogP) is 0.983. The number of halogens is 6. The summed E-state index contributed by atoms with van der Waals surface area (Å²) in [5, 5.41) is 8.82. The SMILES string of the molecule is CS(=O)(=O)[N-]S(=O)(=O)C(F)(F)F.CS(=O)(=O)[N-]S(=O)(=O)C(F)(F)F.C[N+](C)(C)CCCCC[n+]1ccn(CCO)c1. The molecule has 0 bridgehead atoms. The molecule has 14 nitrogen and oxygen atoms in total. The zero-order valence-electron chi connectivity index (χ0n) is 22.5. The summed E-state index contributed by atoms with van der Waals surface area (Å²) < 4.78 is 157. The predicted molar refractivity (Wildman–Crippen MR) is 135 cm³/mol. The number of aliphatic hydroxyl groups excluding tert-OH is 1. The first-order chi connectivity index (χ1) is 17.9. The molecule has 0 aliphatic heterocycles. The molecular weight excluding hydrogens is 660 g/mol. The van der Waals surface area contributed by atoms with Gasteiger partial charge in [-0.05, 0) is 19.3 Å². The molecule has 0 radical (unpaired) electrons. The van der Waals surface area contributed by atoms with Gasteiger partial charge in [-0.3, -0.25) is 0 Å². The number of alkyl halides is 6. The molecule has 0 amide bonds. The van der Waals surface area contributed by atoms with E-state index in [4.69, 9.17) is 5.11 Å². The van der Waals surface area contributed by atoms with Gasteiger partial charge in [-0.25, -0.2) is 42.8 Å². The van der Waals surface area contributed by atoms with Crippen LogP contribution in [0, 0.1) is 0 Å². The van der Waals surface area contributed by atoms with E-state index in [1.807, 2.05) is 10.8 Å². The monoisotopic (exact) mass is 693 g/mol. The van der Waals surface area contributed by atoms with Gasteiger partial charge in [-0.15, -0.1) is 0 Å². The van der Waals surface area contributed by atoms with Gasteiger partial charge >= 0.3 is 11.0 Å². The Morgan fingerprint density at radius 1 is 0.780 bits per heavy atom. The lowest BCUT2D eigenvalue weighted by molar-refractivity contribution is -0.870. The molecule has 0 aromatic carbocycles. The molecule has 0 spiro atoms. The standard InChI is InChI=1S/C13H27N3O.2C2H3F3NO4S2/c1-16(2,3)11-6-4-5-7-14-8-9-15(13-14)10-12-17;2*1-11(7,8)6-12(9,10)2(3,4)5/h8-9,13,17H,4-7,10-12H2,1-3H3;2*1H3/q+2;2*-1. The molecule has 0 fully saturated rings. The highest BCUT2D eigenvalue weighted by molar-refractivity contribution is 8.12. The number of imidazole rings is 1. The molecule has 1 N–H and O–H groups in total. The van der Waals surface area contributed by atoms with Crippen LogP contribution >= 0.6 is 0 Å². The molecule has 0 aliphatic carbocycles. The third-order valence-corrected chi connectivity index (χ3v) is 8.81. The van der Waals surface area contributed by atoms with Crippen molar-refractivity contribution in [2.75, 3.05) is 46.8 Å². The van der Waals surface area contributed by atoms with Crippen LogP contribution in [0.4, 0.5) is 26.3 Å². The van der Waals surface area contributed by atoms with E-state index < -0.39 is 51.1 Å². The second kappa shape index (κ2) is 15.8. The second-order valence-corrected chi connectivity index (χ2v) is 16.1. The van der Waals surface area contributed by atoms with Crippen molar-refractivity contribution in [3.63, 3.8) is 0 Å². The first-order valence-electron chi connectivity index (χ1n) is 10.9. The molecule has 24 heteroatoms. The fourth-order valence-electron chi connectivity index (χ4n) is 2.32. The normalized spacial score (nSPS) is 13.6. The number of unbranched alkanes of at least 4 members (excludes halogenated alkanes) is 2. The third kappa shape index (κ3) is 20.9. The van der Waals surface area contributed by atoms with Crippen LogP contribution in [-0.2, 0) is 53.2 Å². The van der Waals surface area contributed by atoms with Gasteiger partial charge in [-0.2, -0.15) is 26.3 Å². The Hall–Kier alpha value is -1.57. The second-order valence-electron chi connectivity index (χ2n) is 9.14. The Morgan fingerprint density at radius 3 is 1.49 bits per heavy atom. The summed E-state index contributed by atoms with van der Waals surface area (Å²) in [5.41, 5.74) is -11.3. The van der Waals surface area contributed by atoms with E-state index >= 15 is 0 Å². The van der Waals surface area contributed by atoms with E-state index in [1.165, 1.54) is 25.8 Å². The highest BCUT2D eigenvalue weighted by Crippen LogP contribution is 2.30. The smallest absolute Gasteiger partial charge is 0.429 e. The Kier molecular flexibility index (Phi) is 16.0. The Labute approximate surface area is 235 Å². The van der Waals surface area contributed by atoms with Crippen LogP contribution in [0.15, 0.2) is 18.7 Å². The number of aliphatic hydroxyl groups is 1. The van der Waals surface area contributed by atoms with E-state index in [0.29, 0.717) is 6.54 Å². The van der Waals surface area contributed by atoms with Gasteiger partial charge in [0.1, 0.15) is 18.9 Å². The molecule has 1 aromatic heterocycles. The van der Waals surface area contributed by atoms with Crippen molar-refractivity contribution < 1.29 is 74.2 Å². The first kappa shape index (κ1) is 41.6. The number of quaternary nitrogens is 1. The molecule has 0 aliphatic rings. The molecular formula is C17H33F6N5O9S4. The number of hydrogen-bond acceptors (Lipinski definition) is 9. The van der Waals surface area contributed by atoms with E-state index in [9.17, 15) is 60.0 Å². The number of aryl methyl sites for hydroxylation is 1. The van der Waals surface area contributed by atoms with Crippen molar-refractivity contribution >= 4 is 40.1 Å². The maximum Gasteiger partial charge on any atom is 0.480 e. The van der Waals surface area contributed by atoms with Crippen LogP contribution in [0.2, 0.25) is 0 Å². The largest absolute Gasteiger partial charge is 0.480 e.